The van der Waals surface area contributed by atoms with Gasteiger partial charge in [0.05, 0.1) is 7.11 Å². The Hall–Kier alpha value is -2.81. The normalized spacial score (nSPS) is 14.9. The highest BCUT2D eigenvalue weighted by Gasteiger charge is 2.26. The molecule has 1 aliphatic rings. The van der Waals surface area contributed by atoms with Crippen LogP contribution in [0.15, 0.2) is 54.7 Å². The summed E-state index contributed by atoms with van der Waals surface area (Å²) in [7, 11) is 1.67. The van der Waals surface area contributed by atoms with Crippen molar-refractivity contribution in [2.75, 3.05) is 20.2 Å². The lowest BCUT2D eigenvalue weighted by Gasteiger charge is -2.32. The Balaban J connectivity index is 1.39. The third-order valence-electron chi connectivity index (χ3n) is 5.10. The van der Waals surface area contributed by atoms with Gasteiger partial charge in [0.15, 0.2) is 10.4 Å². The first kappa shape index (κ1) is 19.5. The summed E-state index contributed by atoms with van der Waals surface area (Å²) in [6.07, 6.45) is 1.68. The van der Waals surface area contributed by atoms with E-state index in [-0.39, 0.29) is 18.3 Å². The Labute approximate surface area is 175 Å². The second-order valence-corrected chi connectivity index (χ2v) is 7.61. The summed E-state index contributed by atoms with van der Waals surface area (Å²) in [6, 6.07) is 11.3. The van der Waals surface area contributed by atoms with Gasteiger partial charge in [-0.2, -0.15) is 4.68 Å². The maximum Gasteiger partial charge on any atom is 0.437 e. The zero-order valence-corrected chi connectivity index (χ0v) is 17.4. The summed E-state index contributed by atoms with van der Waals surface area (Å²) in [5.74, 6) is 0.731. The van der Waals surface area contributed by atoms with Gasteiger partial charge in [-0.05, 0) is 58.5 Å². The van der Waals surface area contributed by atoms with Crippen molar-refractivity contribution in [3.63, 3.8) is 0 Å². The number of hydrogen-bond acceptors (Lipinski definition) is 6. The molecule has 3 aromatic rings. The van der Waals surface area contributed by atoms with Crippen molar-refractivity contribution >= 4 is 21.8 Å². The predicted octanol–water partition coefficient (Wildman–Crippen LogP) is 3.27. The van der Waals surface area contributed by atoms with E-state index in [1.807, 2.05) is 18.2 Å². The van der Waals surface area contributed by atoms with Gasteiger partial charge in [-0.3, -0.25) is 4.79 Å². The highest BCUT2D eigenvalue weighted by atomic mass is 79.9. The molecule has 0 saturated carbocycles. The minimum atomic E-state index is -0.690. The molecule has 1 amide bonds. The van der Waals surface area contributed by atoms with Crippen LogP contribution in [0.2, 0.25) is 0 Å². The van der Waals surface area contributed by atoms with E-state index in [2.05, 4.69) is 27.1 Å². The molecule has 29 heavy (non-hydrogen) atoms. The van der Waals surface area contributed by atoms with Crippen LogP contribution in [0.5, 0.6) is 5.75 Å². The van der Waals surface area contributed by atoms with Crippen LogP contribution in [-0.2, 0) is 11.3 Å². The maximum atomic E-state index is 12.7. The number of furan rings is 1. The van der Waals surface area contributed by atoms with E-state index in [1.54, 1.807) is 24.1 Å². The molecule has 3 heterocycles. The van der Waals surface area contributed by atoms with Crippen molar-refractivity contribution in [3.8, 4) is 17.4 Å². The van der Waals surface area contributed by atoms with Crippen LogP contribution < -0.4 is 10.5 Å². The van der Waals surface area contributed by atoms with Gasteiger partial charge < -0.3 is 18.5 Å². The fraction of sp³-hybridized carbons (Fsp3) is 0.350. The Kier molecular flexibility index (Phi) is 5.57. The molecule has 0 unspecified atom stereocenters. The van der Waals surface area contributed by atoms with Gasteiger partial charge in [0, 0.05) is 13.1 Å². The lowest BCUT2D eigenvalue weighted by Crippen LogP contribution is -2.41. The number of rotatable bonds is 5. The standard InChI is InChI=1S/C20H20BrN3O5/c1-27-15-5-3-2-4-14(15)13-8-10-23(11-9-13)18(25)12-24-20(26)29-19(22-24)16-6-7-17(21)28-16/h2-7,13H,8-12H2,1H3. The molecule has 1 saturated heterocycles. The van der Waals surface area contributed by atoms with Gasteiger partial charge >= 0.3 is 5.76 Å². The zero-order valence-electron chi connectivity index (χ0n) is 15.8. The smallest absolute Gasteiger partial charge is 0.437 e. The summed E-state index contributed by atoms with van der Waals surface area (Å²) in [5.41, 5.74) is 1.17. The number of nitrogens with zero attached hydrogens (tertiary/aromatic N) is 3. The average Bonchev–Trinajstić information content (AvgIpc) is 3.33. The minimum absolute atomic E-state index is 0.0448. The molecular formula is C20H20BrN3O5. The van der Waals surface area contributed by atoms with Gasteiger partial charge in [0.1, 0.15) is 12.3 Å². The molecular weight excluding hydrogens is 442 g/mol. The quantitative estimate of drug-likeness (QED) is 0.578. The molecule has 0 bridgehead atoms. The number of aromatic nitrogens is 2. The second-order valence-electron chi connectivity index (χ2n) is 6.83. The molecule has 1 aliphatic heterocycles. The molecule has 1 fully saturated rings. The van der Waals surface area contributed by atoms with Crippen molar-refractivity contribution in [2.24, 2.45) is 0 Å². The Morgan fingerprint density at radius 3 is 2.66 bits per heavy atom. The Morgan fingerprint density at radius 1 is 1.21 bits per heavy atom. The fourth-order valence-electron chi connectivity index (χ4n) is 3.61. The first-order valence-electron chi connectivity index (χ1n) is 9.29. The number of methoxy groups -OCH3 is 1. The van der Waals surface area contributed by atoms with E-state index in [1.165, 1.54) is 5.56 Å². The molecule has 8 nitrogen and oxygen atoms in total. The molecule has 0 atom stereocenters. The summed E-state index contributed by atoms with van der Waals surface area (Å²) in [4.78, 5) is 26.5. The first-order chi connectivity index (χ1) is 14.0. The van der Waals surface area contributed by atoms with Crippen LogP contribution >= 0.6 is 15.9 Å². The number of piperidine rings is 1. The number of carbonyl (C=O) groups is 1. The van der Waals surface area contributed by atoms with Gasteiger partial charge in [-0.25, -0.2) is 4.79 Å². The van der Waals surface area contributed by atoms with Crippen LogP contribution in [0.3, 0.4) is 0 Å². The van der Waals surface area contributed by atoms with E-state index in [4.69, 9.17) is 13.6 Å². The van der Waals surface area contributed by atoms with E-state index < -0.39 is 5.76 Å². The number of para-hydroxylation sites is 1. The topological polar surface area (TPSA) is 90.7 Å². The van der Waals surface area contributed by atoms with Crippen molar-refractivity contribution in [1.82, 2.24) is 14.7 Å². The second kappa shape index (κ2) is 8.28. The van der Waals surface area contributed by atoms with Crippen molar-refractivity contribution < 1.29 is 18.4 Å². The Bertz CT molecular complexity index is 1060. The fourth-order valence-corrected chi connectivity index (χ4v) is 3.91. The number of benzene rings is 1. The molecule has 0 N–H and O–H groups in total. The molecule has 2 aromatic heterocycles. The molecule has 152 valence electrons. The highest BCUT2D eigenvalue weighted by molar-refractivity contribution is 9.10. The number of amides is 1. The van der Waals surface area contributed by atoms with Gasteiger partial charge in [0.2, 0.25) is 5.91 Å². The Morgan fingerprint density at radius 2 is 1.97 bits per heavy atom. The molecule has 0 radical (unpaired) electrons. The average molecular weight is 462 g/mol. The number of carbonyl (C=O) groups excluding carboxylic acids is 1. The van der Waals surface area contributed by atoms with Gasteiger partial charge in [-0.1, -0.05) is 18.2 Å². The van der Waals surface area contributed by atoms with Crippen molar-refractivity contribution in [2.45, 2.75) is 25.3 Å². The van der Waals surface area contributed by atoms with Crippen molar-refractivity contribution in [1.29, 1.82) is 0 Å². The van der Waals surface area contributed by atoms with Crippen LogP contribution in [0.1, 0.15) is 24.3 Å². The third kappa shape index (κ3) is 4.14. The summed E-state index contributed by atoms with van der Waals surface area (Å²) in [5, 5.41) is 4.07. The molecule has 9 heteroatoms. The zero-order chi connectivity index (χ0) is 20.4. The third-order valence-corrected chi connectivity index (χ3v) is 5.53. The minimum Gasteiger partial charge on any atom is -0.496 e. The first-order valence-corrected chi connectivity index (χ1v) is 10.1. The lowest BCUT2D eigenvalue weighted by atomic mass is 9.89. The van der Waals surface area contributed by atoms with Crippen LogP contribution in [0.4, 0.5) is 0 Å². The summed E-state index contributed by atoms with van der Waals surface area (Å²) < 4.78 is 17.4. The molecule has 4 rings (SSSR count). The van der Waals surface area contributed by atoms with Gasteiger partial charge in [0.25, 0.3) is 5.89 Å². The number of likely N-dealkylation sites (tertiary alicyclic amines) is 1. The summed E-state index contributed by atoms with van der Waals surface area (Å²) in [6.45, 7) is 1.07. The molecule has 1 aromatic carbocycles. The van der Waals surface area contributed by atoms with E-state index >= 15 is 0 Å². The van der Waals surface area contributed by atoms with Gasteiger partial charge in [-0.15, -0.1) is 5.10 Å². The van der Waals surface area contributed by atoms with E-state index in [0.29, 0.717) is 29.4 Å². The molecule has 0 aliphatic carbocycles. The lowest BCUT2D eigenvalue weighted by molar-refractivity contribution is -0.133. The number of ether oxygens (including phenoxy) is 1. The predicted molar refractivity (Wildman–Crippen MR) is 108 cm³/mol. The summed E-state index contributed by atoms with van der Waals surface area (Å²) >= 11 is 3.19. The largest absolute Gasteiger partial charge is 0.496 e. The van der Waals surface area contributed by atoms with Crippen LogP contribution in [0.25, 0.3) is 11.7 Å². The highest BCUT2D eigenvalue weighted by Crippen LogP contribution is 2.34. The van der Waals surface area contributed by atoms with Crippen LogP contribution in [0, 0.1) is 0 Å². The SMILES string of the molecule is COc1ccccc1C1CCN(C(=O)Cn2nc(-c3ccc(Br)o3)oc2=O)CC1. The number of hydrogen-bond donors (Lipinski definition) is 0. The number of halogens is 1. The molecule has 0 spiro atoms. The van der Waals surface area contributed by atoms with Crippen molar-refractivity contribution in [3.05, 3.63) is 57.2 Å². The maximum absolute atomic E-state index is 12.7. The van der Waals surface area contributed by atoms with Crippen LogP contribution in [-0.4, -0.2) is 40.8 Å². The monoisotopic (exact) mass is 461 g/mol. The van der Waals surface area contributed by atoms with E-state index in [0.717, 1.165) is 23.3 Å². The van der Waals surface area contributed by atoms with E-state index in [9.17, 15) is 9.59 Å².